The van der Waals surface area contributed by atoms with Gasteiger partial charge in [0.1, 0.15) is 0 Å². The molecule has 21 heavy (non-hydrogen) atoms. The number of benzene rings is 2. The molecule has 3 aliphatic carbocycles. The van der Waals surface area contributed by atoms with Crippen LogP contribution in [0, 0.1) is 0 Å². The highest BCUT2D eigenvalue weighted by atomic mass is 14.5. The van der Waals surface area contributed by atoms with Gasteiger partial charge in [0.15, 0.2) is 0 Å². The minimum atomic E-state index is 0.127. The van der Waals surface area contributed by atoms with Crippen LogP contribution in [0.3, 0.4) is 0 Å². The van der Waals surface area contributed by atoms with E-state index in [1.165, 1.54) is 24.0 Å². The average Bonchev–Trinajstić information content (AvgIpc) is 3.11. The maximum Gasteiger partial charge on any atom is 0.0158 e. The minimum absolute atomic E-state index is 0.127. The van der Waals surface area contributed by atoms with Gasteiger partial charge in [0.25, 0.3) is 0 Å². The largest absolute Gasteiger partial charge is 0.0795 e. The third-order valence-electron chi connectivity index (χ3n) is 5.91. The van der Waals surface area contributed by atoms with Crippen molar-refractivity contribution in [2.75, 3.05) is 0 Å². The van der Waals surface area contributed by atoms with Gasteiger partial charge in [-0.25, -0.2) is 0 Å². The Kier molecular flexibility index (Phi) is 2.07. The van der Waals surface area contributed by atoms with E-state index in [0.29, 0.717) is 5.92 Å². The first-order valence-corrected chi connectivity index (χ1v) is 8.13. The Bertz CT molecular complexity index is 805. The van der Waals surface area contributed by atoms with Gasteiger partial charge in [-0.15, -0.1) is 0 Å². The van der Waals surface area contributed by atoms with Crippen LogP contribution in [0.1, 0.15) is 65.1 Å². The normalized spacial score (nSPS) is 22.9. The van der Waals surface area contributed by atoms with Crippen molar-refractivity contribution in [2.24, 2.45) is 0 Å². The van der Waals surface area contributed by atoms with Crippen molar-refractivity contribution in [1.29, 1.82) is 0 Å². The van der Waals surface area contributed by atoms with Crippen molar-refractivity contribution >= 4 is 6.08 Å². The second-order valence-electron chi connectivity index (χ2n) is 7.30. The van der Waals surface area contributed by atoms with Gasteiger partial charge in [0.2, 0.25) is 0 Å². The molecule has 1 unspecified atom stereocenters. The van der Waals surface area contributed by atoms with Crippen molar-refractivity contribution < 1.29 is 0 Å². The molecule has 0 N–H and O–H groups in total. The van der Waals surface area contributed by atoms with Crippen molar-refractivity contribution in [3.63, 3.8) is 0 Å². The molecule has 0 saturated heterocycles. The average molecular weight is 272 g/mol. The summed E-state index contributed by atoms with van der Waals surface area (Å²) >= 11 is 0. The number of hydrogen-bond donors (Lipinski definition) is 0. The van der Waals surface area contributed by atoms with Crippen molar-refractivity contribution in [3.8, 4) is 0 Å². The van der Waals surface area contributed by atoms with Gasteiger partial charge in [-0.05, 0) is 58.2 Å². The first kappa shape index (κ1) is 11.8. The summed E-state index contributed by atoms with van der Waals surface area (Å²) < 4.78 is 0. The molecule has 3 aliphatic rings. The van der Waals surface area contributed by atoms with Gasteiger partial charge in [-0.3, -0.25) is 0 Å². The smallest absolute Gasteiger partial charge is 0.0158 e. The predicted molar refractivity (Wildman–Crippen MR) is 87.9 cm³/mol. The lowest BCUT2D eigenvalue weighted by atomic mass is 9.64. The second kappa shape index (κ2) is 3.68. The number of fused-ring (bicyclic) bond motifs is 4. The lowest BCUT2D eigenvalue weighted by Crippen LogP contribution is -2.29. The molecule has 0 spiro atoms. The third-order valence-corrected chi connectivity index (χ3v) is 5.91. The Hall–Kier alpha value is -1.82. The summed E-state index contributed by atoms with van der Waals surface area (Å²) in [7, 11) is 0. The molecule has 2 aromatic rings. The van der Waals surface area contributed by atoms with Crippen LogP contribution in [0.25, 0.3) is 6.08 Å². The van der Waals surface area contributed by atoms with Gasteiger partial charge >= 0.3 is 0 Å². The van der Waals surface area contributed by atoms with Crippen LogP contribution in [0.4, 0.5) is 0 Å². The van der Waals surface area contributed by atoms with E-state index in [1.54, 1.807) is 27.8 Å². The van der Waals surface area contributed by atoms with E-state index in [1.807, 2.05) is 0 Å². The fourth-order valence-corrected chi connectivity index (χ4v) is 5.02. The molecule has 0 heterocycles. The molecule has 0 saturated carbocycles. The SMILES string of the molecule is CC1(C)c2cccc3c2C(CC3)c2ccc3c(c21)C=CC3. The Morgan fingerprint density at radius 3 is 2.86 bits per heavy atom. The van der Waals surface area contributed by atoms with Gasteiger partial charge in [0, 0.05) is 11.3 Å². The standard InChI is InChI=1S/C21H20/c1-21(2)18-8-4-6-14-10-11-16(19(14)18)17-12-9-13-5-3-7-15(13)20(17)21/h3-4,6-9,12,16H,5,10-11H2,1-2H3. The van der Waals surface area contributed by atoms with E-state index < -0.39 is 0 Å². The monoisotopic (exact) mass is 272 g/mol. The summed E-state index contributed by atoms with van der Waals surface area (Å²) in [4.78, 5) is 0. The van der Waals surface area contributed by atoms with Crippen LogP contribution in [0.5, 0.6) is 0 Å². The Labute approximate surface area is 126 Å². The molecule has 0 aliphatic heterocycles. The van der Waals surface area contributed by atoms with Crippen molar-refractivity contribution in [2.45, 2.75) is 44.4 Å². The fraction of sp³-hybridized carbons (Fsp3) is 0.333. The molecule has 0 nitrogen and oxygen atoms in total. The van der Waals surface area contributed by atoms with Crippen LogP contribution >= 0.6 is 0 Å². The molecule has 1 atom stereocenters. The van der Waals surface area contributed by atoms with Gasteiger partial charge in [-0.1, -0.05) is 56.3 Å². The molecule has 0 aromatic heterocycles. The molecule has 0 heteroatoms. The zero-order chi connectivity index (χ0) is 14.2. The zero-order valence-corrected chi connectivity index (χ0v) is 12.7. The first-order valence-electron chi connectivity index (χ1n) is 8.13. The topological polar surface area (TPSA) is 0 Å². The Morgan fingerprint density at radius 2 is 1.95 bits per heavy atom. The van der Waals surface area contributed by atoms with Gasteiger partial charge < -0.3 is 0 Å². The van der Waals surface area contributed by atoms with E-state index in [4.69, 9.17) is 0 Å². The van der Waals surface area contributed by atoms with Gasteiger partial charge in [0.05, 0.1) is 0 Å². The van der Waals surface area contributed by atoms with E-state index in [-0.39, 0.29) is 5.41 Å². The quantitative estimate of drug-likeness (QED) is 0.635. The van der Waals surface area contributed by atoms with Crippen LogP contribution < -0.4 is 0 Å². The lowest BCUT2D eigenvalue weighted by Gasteiger charge is -2.39. The number of rotatable bonds is 0. The highest BCUT2D eigenvalue weighted by Crippen LogP contribution is 2.54. The van der Waals surface area contributed by atoms with Crippen LogP contribution in [-0.2, 0) is 18.3 Å². The lowest BCUT2D eigenvalue weighted by molar-refractivity contribution is 0.583. The summed E-state index contributed by atoms with van der Waals surface area (Å²) in [5.74, 6) is 0.638. The third kappa shape index (κ3) is 1.31. The maximum atomic E-state index is 2.43. The molecular formula is C21H20. The maximum absolute atomic E-state index is 2.43. The predicted octanol–water partition coefficient (Wildman–Crippen LogP) is 4.97. The summed E-state index contributed by atoms with van der Waals surface area (Å²) in [6, 6.07) is 11.8. The molecule has 0 bridgehead atoms. The molecule has 5 rings (SSSR count). The van der Waals surface area contributed by atoms with E-state index in [2.05, 4.69) is 56.3 Å². The molecular weight excluding hydrogens is 252 g/mol. The van der Waals surface area contributed by atoms with E-state index in [9.17, 15) is 0 Å². The molecule has 0 radical (unpaired) electrons. The molecule has 104 valence electrons. The van der Waals surface area contributed by atoms with Crippen molar-refractivity contribution in [1.82, 2.24) is 0 Å². The van der Waals surface area contributed by atoms with Crippen LogP contribution in [0.15, 0.2) is 36.4 Å². The molecule has 0 amide bonds. The Morgan fingerprint density at radius 1 is 1.05 bits per heavy atom. The summed E-state index contributed by atoms with van der Waals surface area (Å²) in [6.07, 6.45) is 8.33. The van der Waals surface area contributed by atoms with Gasteiger partial charge in [-0.2, -0.15) is 0 Å². The highest BCUT2D eigenvalue weighted by molar-refractivity contribution is 5.72. The van der Waals surface area contributed by atoms with Crippen LogP contribution in [0.2, 0.25) is 0 Å². The van der Waals surface area contributed by atoms with E-state index >= 15 is 0 Å². The summed E-state index contributed by atoms with van der Waals surface area (Å²) in [5.41, 5.74) is 11.2. The second-order valence-corrected chi connectivity index (χ2v) is 7.30. The first-order chi connectivity index (χ1) is 10.2. The minimum Gasteiger partial charge on any atom is -0.0795 e. The number of aryl methyl sites for hydroxylation is 1. The molecule has 0 fully saturated rings. The summed E-state index contributed by atoms with van der Waals surface area (Å²) in [6.45, 7) is 4.84. The fourth-order valence-electron chi connectivity index (χ4n) is 5.02. The zero-order valence-electron chi connectivity index (χ0n) is 12.7. The number of allylic oxidation sites excluding steroid dienone is 1. The highest BCUT2D eigenvalue weighted by Gasteiger charge is 2.42. The van der Waals surface area contributed by atoms with Crippen molar-refractivity contribution in [3.05, 3.63) is 75.4 Å². The van der Waals surface area contributed by atoms with E-state index in [0.717, 1.165) is 6.42 Å². The summed E-state index contributed by atoms with van der Waals surface area (Å²) in [5, 5.41) is 0. The molecule has 2 aromatic carbocycles. The number of hydrogen-bond acceptors (Lipinski definition) is 0. The Balaban J connectivity index is 1.91. The van der Waals surface area contributed by atoms with Crippen LogP contribution in [-0.4, -0.2) is 0 Å².